The molecule has 1 nitrogen and oxygen atoms in total. The third kappa shape index (κ3) is 3.21. The Kier molecular flexibility index (Phi) is 4.33. The van der Waals surface area contributed by atoms with Crippen LogP contribution < -0.4 is 5.73 Å². The molecule has 0 amide bonds. The Morgan fingerprint density at radius 3 is 2.32 bits per heavy atom. The highest BCUT2D eigenvalue weighted by Crippen LogP contribution is 2.30. The van der Waals surface area contributed by atoms with E-state index in [0.717, 1.165) is 12.0 Å². The Hall–Kier alpha value is -1.67. The number of hydrogen-bond donors (Lipinski definition) is 1. The molecule has 19 heavy (non-hydrogen) atoms. The second-order valence-electron chi connectivity index (χ2n) is 5.04. The highest BCUT2D eigenvalue weighted by atomic mass is 19.1. The summed E-state index contributed by atoms with van der Waals surface area (Å²) in [5.41, 5.74) is 10.7. The van der Waals surface area contributed by atoms with Gasteiger partial charge in [0.1, 0.15) is 5.82 Å². The minimum Gasteiger partial charge on any atom is -0.330 e. The van der Waals surface area contributed by atoms with E-state index in [0.29, 0.717) is 6.54 Å². The molecule has 2 rings (SSSR count). The second kappa shape index (κ2) is 5.98. The maximum absolute atomic E-state index is 13.0. The first-order valence-corrected chi connectivity index (χ1v) is 6.64. The Morgan fingerprint density at radius 1 is 1.05 bits per heavy atom. The number of rotatable bonds is 4. The molecule has 0 saturated carbocycles. The third-order valence-corrected chi connectivity index (χ3v) is 3.53. The third-order valence-electron chi connectivity index (χ3n) is 3.53. The van der Waals surface area contributed by atoms with Crippen molar-refractivity contribution in [2.75, 3.05) is 6.54 Å². The quantitative estimate of drug-likeness (QED) is 0.882. The van der Waals surface area contributed by atoms with Gasteiger partial charge >= 0.3 is 0 Å². The molecule has 0 saturated heterocycles. The van der Waals surface area contributed by atoms with Gasteiger partial charge in [0.25, 0.3) is 0 Å². The van der Waals surface area contributed by atoms with Crippen LogP contribution >= 0.6 is 0 Å². The normalized spacial score (nSPS) is 12.4. The number of hydrogen-bond acceptors (Lipinski definition) is 1. The van der Waals surface area contributed by atoms with E-state index >= 15 is 0 Å². The average molecular weight is 257 g/mol. The molecule has 0 heterocycles. The number of nitrogens with two attached hydrogens (primary N) is 1. The van der Waals surface area contributed by atoms with Crippen LogP contribution in [-0.2, 0) is 0 Å². The van der Waals surface area contributed by atoms with Gasteiger partial charge in [-0.1, -0.05) is 35.9 Å². The average Bonchev–Trinajstić information content (AvgIpc) is 2.38. The van der Waals surface area contributed by atoms with Crippen molar-refractivity contribution in [2.45, 2.75) is 26.2 Å². The molecule has 0 fully saturated rings. The zero-order valence-electron chi connectivity index (χ0n) is 11.5. The van der Waals surface area contributed by atoms with Crippen LogP contribution in [0.25, 0.3) is 0 Å². The minimum absolute atomic E-state index is 0.198. The van der Waals surface area contributed by atoms with Crippen LogP contribution in [0, 0.1) is 19.7 Å². The molecule has 0 aliphatic heterocycles. The van der Waals surface area contributed by atoms with Crippen LogP contribution in [0.15, 0.2) is 42.5 Å². The first kappa shape index (κ1) is 13.8. The number of aryl methyl sites for hydroxylation is 2. The van der Waals surface area contributed by atoms with Crippen LogP contribution in [0.2, 0.25) is 0 Å². The summed E-state index contributed by atoms with van der Waals surface area (Å²) in [6, 6.07) is 13.2. The summed E-state index contributed by atoms with van der Waals surface area (Å²) in [6.07, 6.45) is 0.871. The van der Waals surface area contributed by atoms with E-state index in [2.05, 4.69) is 32.0 Å². The number of benzene rings is 2. The van der Waals surface area contributed by atoms with Crippen molar-refractivity contribution in [1.29, 1.82) is 0 Å². The Balaban J connectivity index is 2.41. The maximum atomic E-state index is 13.0. The smallest absolute Gasteiger partial charge is 0.123 e. The second-order valence-corrected chi connectivity index (χ2v) is 5.04. The van der Waals surface area contributed by atoms with Gasteiger partial charge < -0.3 is 5.73 Å². The van der Waals surface area contributed by atoms with E-state index in [1.807, 2.05) is 12.1 Å². The molecule has 100 valence electrons. The largest absolute Gasteiger partial charge is 0.330 e. The van der Waals surface area contributed by atoms with Gasteiger partial charge in [-0.2, -0.15) is 0 Å². The highest BCUT2D eigenvalue weighted by Gasteiger charge is 2.15. The lowest BCUT2D eigenvalue weighted by atomic mass is 9.85. The summed E-state index contributed by atoms with van der Waals surface area (Å²) in [4.78, 5) is 0. The summed E-state index contributed by atoms with van der Waals surface area (Å²) < 4.78 is 13.0. The summed E-state index contributed by atoms with van der Waals surface area (Å²) >= 11 is 0. The van der Waals surface area contributed by atoms with Gasteiger partial charge in [0.15, 0.2) is 0 Å². The highest BCUT2D eigenvalue weighted by molar-refractivity contribution is 5.39. The predicted octanol–water partition coefficient (Wildman–Crippen LogP) is 3.92. The summed E-state index contributed by atoms with van der Waals surface area (Å²) in [6.45, 7) is 4.83. The van der Waals surface area contributed by atoms with Crippen molar-refractivity contribution in [3.8, 4) is 0 Å². The molecular weight excluding hydrogens is 237 g/mol. The van der Waals surface area contributed by atoms with Crippen molar-refractivity contribution in [3.63, 3.8) is 0 Å². The molecular formula is C17H20FN. The lowest BCUT2D eigenvalue weighted by Gasteiger charge is -2.20. The fourth-order valence-corrected chi connectivity index (χ4v) is 2.58. The van der Waals surface area contributed by atoms with Gasteiger partial charge in [0, 0.05) is 5.92 Å². The molecule has 0 radical (unpaired) electrons. The lowest BCUT2D eigenvalue weighted by Crippen LogP contribution is -2.10. The molecule has 0 aliphatic carbocycles. The van der Waals surface area contributed by atoms with Gasteiger partial charge in [-0.05, 0) is 55.6 Å². The van der Waals surface area contributed by atoms with Gasteiger partial charge in [-0.3, -0.25) is 0 Å². The lowest BCUT2D eigenvalue weighted by molar-refractivity contribution is 0.625. The first-order chi connectivity index (χ1) is 9.11. The molecule has 2 aromatic carbocycles. The topological polar surface area (TPSA) is 26.0 Å². The molecule has 0 aliphatic rings. The van der Waals surface area contributed by atoms with Crippen LogP contribution in [0.3, 0.4) is 0 Å². The van der Waals surface area contributed by atoms with Crippen molar-refractivity contribution < 1.29 is 4.39 Å². The van der Waals surface area contributed by atoms with Crippen molar-refractivity contribution in [3.05, 3.63) is 70.5 Å². The van der Waals surface area contributed by atoms with E-state index in [9.17, 15) is 4.39 Å². The molecule has 1 atom stereocenters. The van der Waals surface area contributed by atoms with Crippen molar-refractivity contribution in [2.24, 2.45) is 5.73 Å². The predicted molar refractivity (Wildman–Crippen MR) is 77.8 cm³/mol. The molecule has 0 bridgehead atoms. The standard InChI is InChI=1S/C17H20FN/c1-12-3-8-16(13(2)11-12)17(9-10-19)14-4-6-15(18)7-5-14/h3-8,11,17H,9-10,19H2,1-2H3. The van der Waals surface area contributed by atoms with Crippen LogP contribution in [-0.4, -0.2) is 6.54 Å². The van der Waals surface area contributed by atoms with E-state index in [1.165, 1.54) is 28.8 Å². The SMILES string of the molecule is Cc1ccc(C(CCN)c2ccc(F)cc2)c(C)c1. The summed E-state index contributed by atoms with van der Waals surface area (Å²) in [5.74, 6) is 0.0436. The van der Waals surface area contributed by atoms with E-state index in [4.69, 9.17) is 5.73 Å². The van der Waals surface area contributed by atoms with E-state index in [1.54, 1.807) is 0 Å². The molecule has 2 N–H and O–H groups in total. The van der Waals surface area contributed by atoms with Crippen LogP contribution in [0.4, 0.5) is 4.39 Å². The summed E-state index contributed by atoms with van der Waals surface area (Å²) in [5, 5.41) is 0. The molecule has 1 unspecified atom stereocenters. The van der Waals surface area contributed by atoms with Crippen molar-refractivity contribution >= 4 is 0 Å². The Bertz CT molecular complexity index is 546. The van der Waals surface area contributed by atoms with Crippen molar-refractivity contribution in [1.82, 2.24) is 0 Å². The fourth-order valence-electron chi connectivity index (χ4n) is 2.58. The minimum atomic E-state index is -0.198. The zero-order chi connectivity index (χ0) is 13.8. The van der Waals surface area contributed by atoms with Gasteiger partial charge in [-0.25, -0.2) is 4.39 Å². The summed E-state index contributed by atoms with van der Waals surface area (Å²) in [7, 11) is 0. The van der Waals surface area contributed by atoms with Crippen LogP contribution in [0.1, 0.15) is 34.6 Å². The molecule has 2 heteroatoms. The molecule has 2 aromatic rings. The maximum Gasteiger partial charge on any atom is 0.123 e. The Morgan fingerprint density at radius 2 is 1.74 bits per heavy atom. The fraction of sp³-hybridized carbons (Fsp3) is 0.294. The zero-order valence-corrected chi connectivity index (χ0v) is 11.5. The van der Waals surface area contributed by atoms with E-state index < -0.39 is 0 Å². The van der Waals surface area contributed by atoms with E-state index in [-0.39, 0.29) is 11.7 Å². The van der Waals surface area contributed by atoms with Gasteiger partial charge in [0.2, 0.25) is 0 Å². The van der Waals surface area contributed by atoms with Gasteiger partial charge in [-0.15, -0.1) is 0 Å². The van der Waals surface area contributed by atoms with Gasteiger partial charge in [0.05, 0.1) is 0 Å². The van der Waals surface area contributed by atoms with Crippen LogP contribution in [0.5, 0.6) is 0 Å². The monoisotopic (exact) mass is 257 g/mol. The Labute approximate surface area is 114 Å². The number of halogens is 1. The first-order valence-electron chi connectivity index (χ1n) is 6.64. The molecule has 0 aromatic heterocycles. The molecule has 0 spiro atoms.